The van der Waals surface area contributed by atoms with Crippen LogP contribution < -0.4 is 10.1 Å². The summed E-state index contributed by atoms with van der Waals surface area (Å²) >= 11 is 0. The summed E-state index contributed by atoms with van der Waals surface area (Å²) in [5, 5.41) is 11.1. The lowest BCUT2D eigenvalue weighted by atomic mass is 10.1. The Kier molecular flexibility index (Phi) is 5.36. The summed E-state index contributed by atoms with van der Waals surface area (Å²) in [7, 11) is 0. The van der Waals surface area contributed by atoms with Crippen LogP contribution in [0.5, 0.6) is 5.75 Å². The normalized spacial score (nSPS) is 13.4. The van der Waals surface area contributed by atoms with Crippen molar-refractivity contribution in [2.45, 2.75) is 39.3 Å². The maximum absolute atomic E-state index is 11.8. The van der Waals surface area contributed by atoms with Crippen molar-refractivity contribution in [1.29, 1.82) is 0 Å². The molecule has 2 atom stereocenters. The Balaban J connectivity index is 2.66. The standard InChI is InChI=1S/C14H19NO4/c1-4-11-7-5-6-8-12(11)19-10(3)13(16)15-9(2)14(17)18/h5-10H,4H2,1-3H3,(H,15,16)(H,17,18). The minimum atomic E-state index is -1.07. The number of carbonyl (C=O) groups excluding carboxylic acids is 1. The summed E-state index contributed by atoms with van der Waals surface area (Å²) < 4.78 is 5.57. The molecule has 1 rings (SSSR count). The number of carboxylic acids is 1. The molecule has 5 heteroatoms. The van der Waals surface area contributed by atoms with Gasteiger partial charge in [-0.05, 0) is 31.9 Å². The molecule has 0 aliphatic heterocycles. The van der Waals surface area contributed by atoms with E-state index in [1.807, 2.05) is 25.1 Å². The van der Waals surface area contributed by atoms with Gasteiger partial charge in [-0.2, -0.15) is 0 Å². The van der Waals surface area contributed by atoms with Gasteiger partial charge in [-0.15, -0.1) is 0 Å². The summed E-state index contributed by atoms with van der Waals surface area (Å²) in [5.74, 6) is -0.869. The molecule has 19 heavy (non-hydrogen) atoms. The third-order valence-electron chi connectivity index (χ3n) is 2.76. The third kappa shape index (κ3) is 4.28. The van der Waals surface area contributed by atoms with Gasteiger partial charge in [-0.25, -0.2) is 0 Å². The number of nitrogens with one attached hydrogen (secondary N) is 1. The van der Waals surface area contributed by atoms with Gasteiger partial charge in [0.2, 0.25) is 0 Å². The molecule has 0 fully saturated rings. The van der Waals surface area contributed by atoms with Crippen molar-refractivity contribution in [1.82, 2.24) is 5.32 Å². The fraction of sp³-hybridized carbons (Fsp3) is 0.429. The van der Waals surface area contributed by atoms with Gasteiger partial charge in [0.15, 0.2) is 6.10 Å². The second kappa shape index (κ2) is 6.78. The Hall–Kier alpha value is -2.04. The summed E-state index contributed by atoms with van der Waals surface area (Å²) in [5.41, 5.74) is 1.01. The van der Waals surface area contributed by atoms with Gasteiger partial charge in [0, 0.05) is 0 Å². The molecule has 0 aromatic heterocycles. The second-order valence-electron chi connectivity index (χ2n) is 4.29. The predicted octanol–water partition coefficient (Wildman–Crippen LogP) is 1.61. The van der Waals surface area contributed by atoms with Crippen molar-refractivity contribution < 1.29 is 19.4 Å². The first-order valence-electron chi connectivity index (χ1n) is 6.23. The van der Waals surface area contributed by atoms with E-state index in [1.54, 1.807) is 13.0 Å². The van der Waals surface area contributed by atoms with E-state index < -0.39 is 24.0 Å². The van der Waals surface area contributed by atoms with Crippen LogP contribution in [0.2, 0.25) is 0 Å². The molecule has 0 bridgehead atoms. The van der Waals surface area contributed by atoms with E-state index in [-0.39, 0.29) is 0 Å². The Morgan fingerprint density at radius 1 is 1.32 bits per heavy atom. The number of hydrogen-bond acceptors (Lipinski definition) is 3. The van der Waals surface area contributed by atoms with Crippen molar-refractivity contribution in [2.24, 2.45) is 0 Å². The van der Waals surface area contributed by atoms with Crippen LogP contribution in [0.15, 0.2) is 24.3 Å². The molecule has 0 saturated heterocycles. The molecule has 0 aliphatic carbocycles. The van der Waals surface area contributed by atoms with Crippen molar-refractivity contribution in [3.8, 4) is 5.75 Å². The zero-order valence-electron chi connectivity index (χ0n) is 11.3. The van der Waals surface area contributed by atoms with Crippen molar-refractivity contribution in [3.63, 3.8) is 0 Å². The quantitative estimate of drug-likeness (QED) is 0.819. The molecule has 2 N–H and O–H groups in total. The molecule has 0 saturated carbocycles. The van der Waals surface area contributed by atoms with Gasteiger partial charge < -0.3 is 15.2 Å². The highest BCUT2D eigenvalue weighted by Gasteiger charge is 2.20. The first-order chi connectivity index (χ1) is 8.95. The Labute approximate surface area is 112 Å². The monoisotopic (exact) mass is 265 g/mol. The molecule has 2 unspecified atom stereocenters. The van der Waals surface area contributed by atoms with Gasteiger partial charge in [0.05, 0.1) is 0 Å². The van der Waals surface area contributed by atoms with E-state index in [1.165, 1.54) is 6.92 Å². The summed E-state index contributed by atoms with van der Waals surface area (Å²) in [6.07, 6.45) is 0.0604. The van der Waals surface area contributed by atoms with Crippen molar-refractivity contribution in [2.75, 3.05) is 0 Å². The van der Waals surface area contributed by atoms with Crippen LogP contribution in [0.3, 0.4) is 0 Å². The van der Waals surface area contributed by atoms with E-state index in [0.29, 0.717) is 5.75 Å². The number of para-hydroxylation sites is 1. The number of rotatable bonds is 6. The van der Waals surface area contributed by atoms with Gasteiger partial charge >= 0.3 is 5.97 Å². The van der Waals surface area contributed by atoms with Crippen LogP contribution in [-0.4, -0.2) is 29.1 Å². The smallest absolute Gasteiger partial charge is 0.325 e. The SMILES string of the molecule is CCc1ccccc1OC(C)C(=O)NC(C)C(=O)O. The number of aliphatic carboxylic acids is 1. The molecule has 1 aromatic carbocycles. The molecule has 1 amide bonds. The Morgan fingerprint density at radius 2 is 1.95 bits per heavy atom. The Bertz CT molecular complexity index is 459. The molecule has 0 spiro atoms. The molecule has 0 radical (unpaired) electrons. The number of ether oxygens (including phenoxy) is 1. The number of benzene rings is 1. The fourth-order valence-electron chi connectivity index (χ4n) is 1.55. The topological polar surface area (TPSA) is 75.6 Å². The largest absolute Gasteiger partial charge is 0.481 e. The zero-order valence-corrected chi connectivity index (χ0v) is 11.3. The first-order valence-corrected chi connectivity index (χ1v) is 6.23. The molecule has 5 nitrogen and oxygen atoms in total. The third-order valence-corrected chi connectivity index (χ3v) is 2.76. The highest BCUT2D eigenvalue weighted by Crippen LogP contribution is 2.19. The maximum Gasteiger partial charge on any atom is 0.325 e. The molecular weight excluding hydrogens is 246 g/mol. The Morgan fingerprint density at radius 3 is 2.53 bits per heavy atom. The predicted molar refractivity (Wildman–Crippen MR) is 71.2 cm³/mol. The second-order valence-corrected chi connectivity index (χ2v) is 4.29. The number of hydrogen-bond donors (Lipinski definition) is 2. The van der Waals surface area contributed by atoms with E-state index in [9.17, 15) is 9.59 Å². The summed E-state index contributed by atoms with van der Waals surface area (Å²) in [4.78, 5) is 22.4. The first kappa shape index (κ1) is 15.0. The van der Waals surface area contributed by atoms with Crippen LogP contribution in [0.1, 0.15) is 26.3 Å². The number of carbonyl (C=O) groups is 2. The van der Waals surface area contributed by atoms with Crippen molar-refractivity contribution in [3.05, 3.63) is 29.8 Å². The molecular formula is C14H19NO4. The summed E-state index contributed by atoms with van der Waals surface area (Å²) in [6, 6.07) is 6.53. The van der Waals surface area contributed by atoms with Crippen LogP contribution in [0.25, 0.3) is 0 Å². The van der Waals surface area contributed by atoms with Crippen LogP contribution in [-0.2, 0) is 16.0 Å². The van der Waals surface area contributed by atoms with Gasteiger partial charge in [-0.3, -0.25) is 9.59 Å². The van der Waals surface area contributed by atoms with Crippen LogP contribution in [0.4, 0.5) is 0 Å². The van der Waals surface area contributed by atoms with Crippen LogP contribution >= 0.6 is 0 Å². The van der Waals surface area contributed by atoms with E-state index in [2.05, 4.69) is 5.32 Å². The maximum atomic E-state index is 11.8. The van der Waals surface area contributed by atoms with Gasteiger partial charge in [0.25, 0.3) is 5.91 Å². The van der Waals surface area contributed by atoms with Gasteiger partial charge in [-0.1, -0.05) is 25.1 Å². The molecule has 1 aromatic rings. The summed E-state index contributed by atoms with van der Waals surface area (Å²) in [6.45, 7) is 5.00. The van der Waals surface area contributed by atoms with Gasteiger partial charge in [0.1, 0.15) is 11.8 Å². The number of carboxylic acid groups (broad SMARTS) is 1. The molecule has 104 valence electrons. The lowest BCUT2D eigenvalue weighted by molar-refractivity contribution is -0.142. The lowest BCUT2D eigenvalue weighted by Crippen LogP contribution is -2.44. The van der Waals surface area contributed by atoms with E-state index >= 15 is 0 Å². The molecule has 0 aliphatic rings. The number of aryl methyl sites for hydroxylation is 1. The van der Waals surface area contributed by atoms with Crippen LogP contribution in [0, 0.1) is 0 Å². The minimum Gasteiger partial charge on any atom is -0.481 e. The molecule has 0 heterocycles. The minimum absolute atomic E-state index is 0.444. The zero-order chi connectivity index (χ0) is 14.4. The van der Waals surface area contributed by atoms with Crippen molar-refractivity contribution >= 4 is 11.9 Å². The lowest BCUT2D eigenvalue weighted by Gasteiger charge is -2.18. The number of amides is 1. The highest BCUT2D eigenvalue weighted by molar-refractivity contribution is 5.86. The highest BCUT2D eigenvalue weighted by atomic mass is 16.5. The van der Waals surface area contributed by atoms with E-state index in [0.717, 1.165) is 12.0 Å². The average Bonchev–Trinajstić information content (AvgIpc) is 2.38. The fourth-order valence-corrected chi connectivity index (χ4v) is 1.55. The average molecular weight is 265 g/mol. The van der Waals surface area contributed by atoms with E-state index in [4.69, 9.17) is 9.84 Å².